The molecular weight excluding hydrogens is 474 g/mol. The van der Waals surface area contributed by atoms with Gasteiger partial charge in [-0.25, -0.2) is 4.98 Å². The second kappa shape index (κ2) is 10.6. The summed E-state index contributed by atoms with van der Waals surface area (Å²) in [5, 5.41) is 5.41. The third kappa shape index (κ3) is 5.56. The van der Waals surface area contributed by atoms with Crippen LogP contribution < -0.4 is 20.9 Å². The maximum Gasteiger partial charge on any atom is 0.387 e. The Bertz CT molecular complexity index is 1370. The van der Waals surface area contributed by atoms with Crippen molar-refractivity contribution in [3.05, 3.63) is 69.8 Å². The molecule has 188 valence electrons. The van der Waals surface area contributed by atoms with Gasteiger partial charge in [-0.1, -0.05) is 6.07 Å². The fraction of sp³-hybridized carbons (Fsp3) is 0.320. The number of hydrogen-bond donors (Lipinski definition) is 2. The molecule has 2 N–H and O–H groups in total. The van der Waals surface area contributed by atoms with Crippen molar-refractivity contribution in [3.63, 3.8) is 0 Å². The zero-order valence-corrected chi connectivity index (χ0v) is 19.4. The second-order valence-electron chi connectivity index (χ2n) is 8.41. The Morgan fingerprint density at radius 1 is 1.19 bits per heavy atom. The van der Waals surface area contributed by atoms with Crippen LogP contribution in [0.4, 0.5) is 8.78 Å². The lowest BCUT2D eigenvalue weighted by Gasteiger charge is -2.24. The molecule has 3 aromatic rings. The second-order valence-corrected chi connectivity index (χ2v) is 8.41. The topological polar surface area (TPSA) is 119 Å². The molecule has 0 radical (unpaired) electrons. The van der Waals surface area contributed by atoms with Crippen molar-refractivity contribution in [3.8, 4) is 5.75 Å². The van der Waals surface area contributed by atoms with Gasteiger partial charge in [-0.3, -0.25) is 29.1 Å². The minimum atomic E-state index is -2.93. The fourth-order valence-corrected chi connectivity index (χ4v) is 4.19. The average molecular weight is 498 g/mol. The minimum absolute atomic E-state index is 0.0285. The third-order valence-corrected chi connectivity index (χ3v) is 5.93. The molecule has 3 amide bonds. The van der Waals surface area contributed by atoms with Gasteiger partial charge >= 0.3 is 6.61 Å². The number of nitrogens with zero attached hydrogens (tertiary/aromatic N) is 2. The summed E-state index contributed by atoms with van der Waals surface area (Å²) in [6, 6.07) is 9.94. The van der Waals surface area contributed by atoms with Crippen LogP contribution >= 0.6 is 0 Å². The SMILES string of the molecule is Cc1nc2ccc(CCCNC(=O)c3ccc(OC(F)F)cc3)cc2c(=O)n1C1CCC(=O)NC1=O. The number of aromatic nitrogens is 2. The molecule has 2 aromatic carbocycles. The van der Waals surface area contributed by atoms with E-state index in [2.05, 4.69) is 20.4 Å². The number of hydrogen-bond acceptors (Lipinski definition) is 6. The predicted molar refractivity (Wildman–Crippen MR) is 126 cm³/mol. The van der Waals surface area contributed by atoms with E-state index in [1.54, 1.807) is 19.1 Å². The quantitative estimate of drug-likeness (QED) is 0.364. The summed E-state index contributed by atoms with van der Waals surface area (Å²) in [4.78, 5) is 53.8. The van der Waals surface area contributed by atoms with Gasteiger partial charge in [0.1, 0.15) is 17.6 Å². The minimum Gasteiger partial charge on any atom is -0.435 e. The normalized spacial score (nSPS) is 15.7. The highest BCUT2D eigenvalue weighted by Crippen LogP contribution is 2.21. The van der Waals surface area contributed by atoms with Crippen molar-refractivity contribution >= 4 is 28.6 Å². The molecule has 1 unspecified atom stereocenters. The molecule has 1 saturated heterocycles. The first kappa shape index (κ1) is 25.0. The molecule has 0 spiro atoms. The molecule has 9 nitrogen and oxygen atoms in total. The predicted octanol–water partition coefficient (Wildman–Crippen LogP) is 2.65. The highest BCUT2D eigenvalue weighted by molar-refractivity contribution is 5.99. The van der Waals surface area contributed by atoms with Gasteiger partial charge in [0, 0.05) is 18.5 Å². The molecule has 1 atom stereocenters. The molecule has 1 fully saturated rings. The maximum absolute atomic E-state index is 13.2. The number of aryl methyl sites for hydroxylation is 2. The lowest BCUT2D eigenvalue weighted by molar-refractivity contribution is -0.135. The molecule has 1 aliphatic heterocycles. The summed E-state index contributed by atoms with van der Waals surface area (Å²) in [6.45, 7) is -0.917. The molecule has 11 heteroatoms. The van der Waals surface area contributed by atoms with E-state index in [9.17, 15) is 28.0 Å². The van der Waals surface area contributed by atoms with E-state index in [-0.39, 0.29) is 36.0 Å². The maximum atomic E-state index is 13.2. The first-order valence-corrected chi connectivity index (χ1v) is 11.4. The van der Waals surface area contributed by atoms with Gasteiger partial charge in [-0.15, -0.1) is 0 Å². The zero-order valence-electron chi connectivity index (χ0n) is 19.4. The van der Waals surface area contributed by atoms with Gasteiger partial charge in [0.15, 0.2) is 0 Å². The first-order valence-electron chi connectivity index (χ1n) is 11.4. The number of imide groups is 1. The Hall–Kier alpha value is -4.15. The number of halogens is 2. The summed E-state index contributed by atoms with van der Waals surface area (Å²) >= 11 is 0. The lowest BCUT2D eigenvalue weighted by Crippen LogP contribution is -2.45. The van der Waals surface area contributed by atoms with E-state index < -0.39 is 18.6 Å². The molecule has 2 heterocycles. The number of amides is 3. The van der Waals surface area contributed by atoms with Crippen LogP contribution in [-0.4, -0.2) is 40.4 Å². The van der Waals surface area contributed by atoms with Crippen molar-refractivity contribution in [1.29, 1.82) is 0 Å². The summed E-state index contributed by atoms with van der Waals surface area (Å²) in [7, 11) is 0. The standard InChI is InChI=1S/C25H24F2N4O5/c1-14-29-19-9-4-15(13-18(19)24(35)31(14)20-10-11-21(32)30-23(20)34)3-2-12-28-22(33)16-5-7-17(8-6-16)36-25(26)27/h4-9,13,20,25H,2-3,10-12H2,1H3,(H,28,33)(H,30,32,34). The third-order valence-electron chi connectivity index (χ3n) is 5.93. The van der Waals surface area contributed by atoms with Gasteiger partial charge in [0.05, 0.1) is 10.9 Å². The summed E-state index contributed by atoms with van der Waals surface area (Å²) < 4.78 is 30.1. The molecule has 1 aliphatic rings. The molecule has 0 aliphatic carbocycles. The van der Waals surface area contributed by atoms with Crippen molar-refractivity contribution < 1.29 is 27.9 Å². The Morgan fingerprint density at radius 3 is 2.64 bits per heavy atom. The number of fused-ring (bicyclic) bond motifs is 1. The van der Waals surface area contributed by atoms with Gasteiger partial charge < -0.3 is 10.1 Å². The van der Waals surface area contributed by atoms with Crippen LogP contribution in [0.3, 0.4) is 0 Å². The summed E-state index contributed by atoms with van der Waals surface area (Å²) in [6.07, 6.45) is 1.55. The number of piperidine rings is 1. The fourth-order valence-electron chi connectivity index (χ4n) is 4.19. The van der Waals surface area contributed by atoms with E-state index >= 15 is 0 Å². The molecule has 0 bridgehead atoms. The van der Waals surface area contributed by atoms with E-state index in [0.717, 1.165) is 5.56 Å². The highest BCUT2D eigenvalue weighted by atomic mass is 19.3. The molecular formula is C25H24F2N4O5. The van der Waals surface area contributed by atoms with E-state index in [4.69, 9.17) is 0 Å². The Balaban J connectivity index is 1.40. The van der Waals surface area contributed by atoms with Crippen molar-refractivity contribution in [2.24, 2.45) is 0 Å². The zero-order chi connectivity index (χ0) is 25.8. The summed E-state index contributed by atoms with van der Waals surface area (Å²) in [5.41, 5.74) is 1.35. The number of carbonyl (C=O) groups is 3. The van der Waals surface area contributed by atoms with Gasteiger partial charge in [-0.05, 0) is 68.1 Å². The highest BCUT2D eigenvalue weighted by Gasteiger charge is 2.30. The number of carbonyl (C=O) groups excluding carboxylic acids is 3. The van der Waals surface area contributed by atoms with Crippen LogP contribution in [0.1, 0.15) is 47.1 Å². The van der Waals surface area contributed by atoms with E-state index in [1.165, 1.54) is 28.8 Å². The molecule has 1 aromatic heterocycles. The van der Waals surface area contributed by atoms with E-state index in [0.29, 0.717) is 41.7 Å². The van der Waals surface area contributed by atoms with Crippen LogP contribution in [0.15, 0.2) is 47.3 Å². The van der Waals surface area contributed by atoms with Crippen molar-refractivity contribution in [2.75, 3.05) is 6.54 Å². The molecule has 0 saturated carbocycles. The van der Waals surface area contributed by atoms with Crippen LogP contribution in [0, 0.1) is 6.92 Å². The molecule has 4 rings (SSSR count). The Labute approximate surface area is 204 Å². The Morgan fingerprint density at radius 2 is 1.94 bits per heavy atom. The smallest absolute Gasteiger partial charge is 0.387 e. The average Bonchev–Trinajstić information content (AvgIpc) is 2.83. The number of rotatable bonds is 8. The van der Waals surface area contributed by atoms with Crippen LogP contribution in [0.2, 0.25) is 0 Å². The molecule has 36 heavy (non-hydrogen) atoms. The van der Waals surface area contributed by atoms with Gasteiger partial charge in [0.2, 0.25) is 11.8 Å². The van der Waals surface area contributed by atoms with Crippen molar-refractivity contribution in [2.45, 2.75) is 45.3 Å². The van der Waals surface area contributed by atoms with Crippen molar-refractivity contribution in [1.82, 2.24) is 20.2 Å². The van der Waals surface area contributed by atoms with Gasteiger partial charge in [0.25, 0.3) is 11.5 Å². The number of ether oxygens (including phenoxy) is 1. The summed E-state index contributed by atoms with van der Waals surface area (Å²) in [5.74, 6) is -0.849. The Kier molecular flexibility index (Phi) is 7.37. The lowest BCUT2D eigenvalue weighted by atomic mass is 10.0. The first-order chi connectivity index (χ1) is 17.2. The number of alkyl halides is 2. The number of nitrogens with one attached hydrogen (secondary N) is 2. The van der Waals surface area contributed by atoms with Crippen LogP contribution in [0.25, 0.3) is 10.9 Å². The monoisotopic (exact) mass is 498 g/mol. The van der Waals surface area contributed by atoms with E-state index in [1.807, 2.05) is 6.07 Å². The van der Waals surface area contributed by atoms with Crippen LogP contribution in [0.5, 0.6) is 5.75 Å². The van der Waals surface area contributed by atoms with Crippen LogP contribution in [-0.2, 0) is 16.0 Å². The largest absolute Gasteiger partial charge is 0.435 e. The van der Waals surface area contributed by atoms with Gasteiger partial charge in [-0.2, -0.15) is 8.78 Å². The number of benzene rings is 2.